The van der Waals surface area contributed by atoms with E-state index in [9.17, 15) is 13.2 Å². The van der Waals surface area contributed by atoms with Gasteiger partial charge in [0.25, 0.3) is 0 Å². The number of hydrogen-bond acceptors (Lipinski definition) is 6. The van der Waals surface area contributed by atoms with Crippen LogP contribution >= 0.6 is 11.6 Å². The molecule has 0 aliphatic carbocycles. The fourth-order valence-corrected chi connectivity index (χ4v) is 6.03. The third-order valence-electron chi connectivity index (χ3n) is 5.82. The van der Waals surface area contributed by atoms with Crippen molar-refractivity contribution >= 4 is 27.6 Å². The summed E-state index contributed by atoms with van der Waals surface area (Å²) in [5.41, 5.74) is 3.12. The van der Waals surface area contributed by atoms with Crippen LogP contribution in [0.15, 0.2) is 48.5 Å². The summed E-state index contributed by atoms with van der Waals surface area (Å²) in [4.78, 5) is 14.4. The Labute approximate surface area is 208 Å². The van der Waals surface area contributed by atoms with Crippen LogP contribution in [-0.4, -0.2) is 68.7 Å². The molecule has 0 radical (unpaired) electrons. The molecule has 1 saturated heterocycles. The van der Waals surface area contributed by atoms with Gasteiger partial charge in [0.05, 0.1) is 12.4 Å². The highest BCUT2D eigenvalue weighted by Crippen LogP contribution is 2.25. The molecule has 7 nitrogen and oxygen atoms in total. The molecule has 0 amide bonds. The molecule has 1 fully saturated rings. The zero-order valence-corrected chi connectivity index (χ0v) is 21.6. The molecule has 34 heavy (non-hydrogen) atoms. The molecular formula is C25H34ClN3O4S. The number of nitrogens with zero attached hydrogens (tertiary/aromatic N) is 2. The molecule has 1 N–H and O–H groups in total. The number of ether oxygens (including phenoxy) is 1. The Hall–Kier alpha value is -1.97. The molecule has 9 heteroatoms. The fraction of sp³-hybridized carbons (Fsp3) is 0.480. The second kappa shape index (κ2) is 12.1. The topological polar surface area (TPSA) is 79.0 Å². The predicted molar refractivity (Wildman–Crippen MR) is 135 cm³/mol. The van der Waals surface area contributed by atoms with Gasteiger partial charge in [0.1, 0.15) is 6.04 Å². The van der Waals surface area contributed by atoms with Crippen molar-refractivity contribution in [2.24, 2.45) is 0 Å². The minimum atomic E-state index is -3.49. The highest BCUT2D eigenvalue weighted by atomic mass is 35.5. The maximum absolute atomic E-state index is 12.6. The van der Waals surface area contributed by atoms with Gasteiger partial charge in [0.15, 0.2) is 0 Å². The van der Waals surface area contributed by atoms with Crippen LogP contribution in [0.4, 0.5) is 0 Å². The first-order chi connectivity index (χ1) is 16.2. The number of hydrogen-bond donors (Lipinski definition) is 1. The lowest BCUT2D eigenvalue weighted by Crippen LogP contribution is -2.39. The van der Waals surface area contributed by atoms with Gasteiger partial charge in [-0.3, -0.25) is 4.79 Å². The molecule has 2 aromatic rings. The van der Waals surface area contributed by atoms with Crippen molar-refractivity contribution in [1.29, 1.82) is 0 Å². The van der Waals surface area contributed by atoms with Gasteiger partial charge in [-0.25, -0.2) is 8.42 Å². The lowest BCUT2D eigenvalue weighted by atomic mass is 10.0. The van der Waals surface area contributed by atoms with Crippen molar-refractivity contribution in [3.8, 4) is 0 Å². The minimum Gasteiger partial charge on any atom is -0.465 e. The highest BCUT2D eigenvalue weighted by Gasteiger charge is 2.42. The zero-order chi connectivity index (χ0) is 24.7. The van der Waals surface area contributed by atoms with E-state index >= 15 is 0 Å². The summed E-state index contributed by atoms with van der Waals surface area (Å²) in [6, 6.07) is 15.2. The third-order valence-corrected chi connectivity index (χ3v) is 7.92. The lowest BCUT2D eigenvalue weighted by Gasteiger charge is -2.23. The molecule has 2 aromatic carbocycles. The maximum atomic E-state index is 12.6. The van der Waals surface area contributed by atoms with Crippen molar-refractivity contribution in [3.63, 3.8) is 0 Å². The van der Waals surface area contributed by atoms with Crippen LogP contribution < -0.4 is 5.32 Å². The van der Waals surface area contributed by atoms with Gasteiger partial charge in [0, 0.05) is 30.7 Å². The molecule has 2 atom stereocenters. The Morgan fingerprint density at radius 2 is 1.88 bits per heavy atom. The number of nitrogens with one attached hydrogen (secondary N) is 1. The number of halogens is 1. The van der Waals surface area contributed by atoms with Crippen LogP contribution in [0.25, 0.3) is 0 Å². The fourth-order valence-electron chi connectivity index (χ4n) is 4.23. The van der Waals surface area contributed by atoms with E-state index in [0.717, 1.165) is 29.1 Å². The SMILES string of the molecule is CCOC(=O)C1CCS(=O)(=O)N1Cc1cccc(CN[C@@H](Cc2ccc(Cl)cc2)CN(C)C)c1. The number of esters is 1. The van der Waals surface area contributed by atoms with Crippen LogP contribution in [0.1, 0.15) is 30.0 Å². The molecule has 186 valence electrons. The monoisotopic (exact) mass is 507 g/mol. The summed E-state index contributed by atoms with van der Waals surface area (Å²) < 4.78 is 31.5. The van der Waals surface area contributed by atoms with Gasteiger partial charge in [-0.05, 0) is 62.7 Å². The van der Waals surface area contributed by atoms with Gasteiger partial charge in [-0.1, -0.05) is 48.0 Å². The number of rotatable bonds is 11. The molecule has 1 heterocycles. The first kappa shape index (κ1) is 26.6. The molecule has 0 spiro atoms. The highest BCUT2D eigenvalue weighted by molar-refractivity contribution is 7.89. The second-order valence-electron chi connectivity index (χ2n) is 8.91. The summed E-state index contributed by atoms with van der Waals surface area (Å²) in [6.07, 6.45) is 1.13. The van der Waals surface area contributed by atoms with Crippen LogP contribution in [0.3, 0.4) is 0 Å². The Bertz CT molecular complexity index is 1060. The molecule has 1 aliphatic heterocycles. The van der Waals surface area contributed by atoms with Gasteiger partial charge >= 0.3 is 5.97 Å². The smallest absolute Gasteiger partial charge is 0.324 e. The van der Waals surface area contributed by atoms with E-state index in [-0.39, 0.29) is 31.4 Å². The maximum Gasteiger partial charge on any atom is 0.324 e. The first-order valence-electron chi connectivity index (χ1n) is 11.5. The summed E-state index contributed by atoms with van der Waals surface area (Å²) in [5.74, 6) is -0.510. The van der Waals surface area contributed by atoms with E-state index in [1.807, 2.05) is 62.6 Å². The van der Waals surface area contributed by atoms with E-state index in [2.05, 4.69) is 10.2 Å². The standard InChI is InChI=1S/C25H34ClN3O4S/c1-4-33-25(30)24-12-13-34(31,32)29(24)17-21-7-5-6-20(14-21)16-27-23(18-28(2)3)15-19-8-10-22(26)11-9-19/h5-11,14,23-24,27H,4,12-13,15-18H2,1-3H3/t23-,24?/m0/s1. The van der Waals surface area contributed by atoms with Gasteiger partial charge in [0.2, 0.25) is 10.0 Å². The molecule has 0 bridgehead atoms. The Balaban J connectivity index is 1.67. The largest absolute Gasteiger partial charge is 0.465 e. The van der Waals surface area contributed by atoms with Crippen LogP contribution in [0.5, 0.6) is 0 Å². The Morgan fingerprint density at radius 3 is 2.56 bits per heavy atom. The minimum absolute atomic E-state index is 0.0331. The van der Waals surface area contributed by atoms with Gasteiger partial charge in [-0.2, -0.15) is 4.31 Å². The molecule has 3 rings (SSSR count). The average Bonchev–Trinajstić information content (AvgIpc) is 3.08. The quantitative estimate of drug-likeness (QED) is 0.471. The zero-order valence-electron chi connectivity index (χ0n) is 20.0. The first-order valence-corrected chi connectivity index (χ1v) is 13.5. The number of carbonyl (C=O) groups is 1. The van der Waals surface area contributed by atoms with Gasteiger partial charge in [-0.15, -0.1) is 0 Å². The number of sulfonamides is 1. The van der Waals surface area contributed by atoms with Gasteiger partial charge < -0.3 is 15.0 Å². The molecule has 1 unspecified atom stereocenters. The van der Waals surface area contributed by atoms with Crippen molar-refractivity contribution < 1.29 is 17.9 Å². The number of likely N-dealkylation sites (N-methyl/N-ethyl adjacent to an activating group) is 1. The number of carbonyl (C=O) groups excluding carboxylic acids is 1. The Kier molecular flexibility index (Phi) is 9.50. The van der Waals surface area contributed by atoms with Crippen LogP contribution in [-0.2, 0) is 39.1 Å². The van der Waals surface area contributed by atoms with Crippen molar-refractivity contribution in [2.75, 3.05) is 33.0 Å². The second-order valence-corrected chi connectivity index (χ2v) is 11.4. The summed E-state index contributed by atoms with van der Waals surface area (Å²) in [7, 11) is 0.613. The van der Waals surface area contributed by atoms with Crippen molar-refractivity contribution in [3.05, 3.63) is 70.2 Å². The summed E-state index contributed by atoms with van der Waals surface area (Å²) in [6.45, 7) is 3.63. The van der Waals surface area contributed by atoms with E-state index in [4.69, 9.17) is 16.3 Å². The normalized spacial score (nSPS) is 18.8. The van der Waals surface area contributed by atoms with E-state index < -0.39 is 22.0 Å². The van der Waals surface area contributed by atoms with E-state index in [0.29, 0.717) is 6.54 Å². The molecule has 0 aromatic heterocycles. The molecular weight excluding hydrogens is 474 g/mol. The summed E-state index contributed by atoms with van der Waals surface area (Å²) in [5, 5.41) is 4.36. The number of benzene rings is 2. The lowest BCUT2D eigenvalue weighted by molar-refractivity contribution is -0.147. The van der Waals surface area contributed by atoms with E-state index in [1.165, 1.54) is 9.87 Å². The van der Waals surface area contributed by atoms with E-state index in [1.54, 1.807) is 6.92 Å². The Morgan fingerprint density at radius 1 is 1.18 bits per heavy atom. The van der Waals surface area contributed by atoms with Crippen LogP contribution in [0, 0.1) is 0 Å². The van der Waals surface area contributed by atoms with Crippen LogP contribution in [0.2, 0.25) is 5.02 Å². The predicted octanol–water partition coefficient (Wildman–Crippen LogP) is 3.07. The van der Waals surface area contributed by atoms with Crippen molar-refractivity contribution in [2.45, 2.75) is 44.9 Å². The summed E-state index contributed by atoms with van der Waals surface area (Å²) >= 11 is 6.02. The van der Waals surface area contributed by atoms with Crippen molar-refractivity contribution in [1.82, 2.24) is 14.5 Å². The molecule has 1 aliphatic rings. The molecule has 0 saturated carbocycles. The third kappa shape index (κ3) is 7.52. The average molecular weight is 508 g/mol.